The summed E-state index contributed by atoms with van der Waals surface area (Å²) in [7, 11) is -3.27. The van der Waals surface area contributed by atoms with Gasteiger partial charge in [-0.3, -0.25) is 14.5 Å². The SMILES string of the molecule is CC1CCC2(CC1)NC(=O)N(CC(=O)N1CCN(S(C)(=O)=O)CC1)C2=O. The summed E-state index contributed by atoms with van der Waals surface area (Å²) in [4.78, 5) is 40.1. The van der Waals surface area contributed by atoms with E-state index in [4.69, 9.17) is 0 Å². The van der Waals surface area contributed by atoms with Gasteiger partial charge in [0.25, 0.3) is 5.91 Å². The third-order valence-corrected chi connectivity index (χ3v) is 7.03. The predicted octanol–water partition coefficient (Wildman–Crippen LogP) is -0.409. The van der Waals surface area contributed by atoms with Crippen LogP contribution < -0.4 is 5.32 Å². The van der Waals surface area contributed by atoms with E-state index in [2.05, 4.69) is 12.2 Å². The zero-order chi connectivity index (χ0) is 19.1. The Bertz CT molecular complexity index is 706. The molecule has 26 heavy (non-hydrogen) atoms. The van der Waals surface area contributed by atoms with E-state index in [1.54, 1.807) is 0 Å². The summed E-state index contributed by atoms with van der Waals surface area (Å²) >= 11 is 0. The number of hydrogen-bond donors (Lipinski definition) is 1. The van der Waals surface area contributed by atoms with Crippen molar-refractivity contribution >= 4 is 27.9 Å². The fourth-order valence-corrected chi connectivity index (χ4v) is 4.74. The highest BCUT2D eigenvalue weighted by Crippen LogP contribution is 2.36. The maximum Gasteiger partial charge on any atom is 0.325 e. The predicted molar refractivity (Wildman–Crippen MR) is 93.6 cm³/mol. The normalized spacial score (nSPS) is 30.8. The molecule has 1 spiro atoms. The van der Waals surface area contributed by atoms with E-state index in [1.165, 1.54) is 9.21 Å². The lowest BCUT2D eigenvalue weighted by atomic mass is 9.77. The summed E-state index contributed by atoms with van der Waals surface area (Å²) in [5, 5.41) is 2.80. The van der Waals surface area contributed by atoms with Crippen molar-refractivity contribution in [2.24, 2.45) is 5.92 Å². The van der Waals surface area contributed by atoms with Crippen LogP contribution in [0.25, 0.3) is 0 Å². The quantitative estimate of drug-likeness (QED) is 0.664. The number of piperazine rings is 1. The third kappa shape index (κ3) is 3.57. The van der Waals surface area contributed by atoms with Crippen LogP contribution >= 0.6 is 0 Å². The first-order valence-corrected chi connectivity index (χ1v) is 10.8. The molecule has 10 heteroatoms. The van der Waals surface area contributed by atoms with E-state index in [1.807, 2.05) is 0 Å². The van der Waals surface area contributed by atoms with Crippen LogP contribution in [0.1, 0.15) is 32.6 Å². The Hall–Kier alpha value is -1.68. The Labute approximate surface area is 153 Å². The standard InChI is InChI=1S/C16H26N4O5S/c1-12-3-5-16(6-4-12)14(22)20(15(23)17-16)11-13(21)18-7-9-19(10-8-18)26(2,24)25/h12H,3-11H2,1-2H3,(H,17,23). The van der Waals surface area contributed by atoms with Gasteiger partial charge >= 0.3 is 6.03 Å². The van der Waals surface area contributed by atoms with Crippen LogP contribution in [0.3, 0.4) is 0 Å². The summed E-state index contributed by atoms with van der Waals surface area (Å²) in [6.07, 6.45) is 4.11. The molecule has 2 heterocycles. The summed E-state index contributed by atoms with van der Waals surface area (Å²) in [6.45, 7) is 2.82. The first-order valence-electron chi connectivity index (χ1n) is 8.99. The molecule has 4 amide bonds. The van der Waals surface area contributed by atoms with Crippen LogP contribution in [0.5, 0.6) is 0 Å². The highest BCUT2D eigenvalue weighted by Gasteiger charge is 2.52. The second-order valence-corrected chi connectivity index (χ2v) is 9.61. The van der Waals surface area contributed by atoms with Crippen molar-refractivity contribution in [3.63, 3.8) is 0 Å². The van der Waals surface area contributed by atoms with E-state index in [9.17, 15) is 22.8 Å². The Morgan fingerprint density at radius 2 is 1.73 bits per heavy atom. The second-order valence-electron chi connectivity index (χ2n) is 7.63. The van der Waals surface area contributed by atoms with Crippen molar-refractivity contribution in [3.05, 3.63) is 0 Å². The van der Waals surface area contributed by atoms with Crippen LogP contribution in [-0.2, 0) is 19.6 Å². The number of carbonyl (C=O) groups is 3. The van der Waals surface area contributed by atoms with Crippen molar-refractivity contribution in [1.82, 2.24) is 19.4 Å². The Morgan fingerprint density at radius 3 is 2.27 bits per heavy atom. The number of amides is 4. The van der Waals surface area contributed by atoms with Crippen LogP contribution in [0.15, 0.2) is 0 Å². The Morgan fingerprint density at radius 1 is 1.15 bits per heavy atom. The largest absolute Gasteiger partial charge is 0.338 e. The maximum absolute atomic E-state index is 12.8. The van der Waals surface area contributed by atoms with Crippen LogP contribution in [0.2, 0.25) is 0 Å². The molecule has 3 rings (SSSR count). The number of rotatable bonds is 3. The van der Waals surface area contributed by atoms with E-state index in [-0.39, 0.29) is 44.5 Å². The molecule has 0 atom stereocenters. The minimum absolute atomic E-state index is 0.229. The molecular weight excluding hydrogens is 360 g/mol. The maximum atomic E-state index is 12.8. The topological polar surface area (TPSA) is 107 Å². The minimum Gasteiger partial charge on any atom is -0.338 e. The minimum atomic E-state index is -3.27. The molecule has 0 bridgehead atoms. The fraction of sp³-hybridized carbons (Fsp3) is 0.812. The molecule has 0 aromatic carbocycles. The number of imide groups is 1. The molecule has 1 N–H and O–H groups in total. The molecule has 2 saturated heterocycles. The zero-order valence-electron chi connectivity index (χ0n) is 15.2. The van der Waals surface area contributed by atoms with E-state index in [0.717, 1.165) is 24.0 Å². The first-order chi connectivity index (χ1) is 12.1. The van der Waals surface area contributed by atoms with Gasteiger partial charge in [-0.15, -0.1) is 0 Å². The molecular formula is C16H26N4O5S. The number of nitrogens with zero attached hydrogens (tertiary/aromatic N) is 3. The molecule has 0 aromatic rings. The molecule has 146 valence electrons. The van der Waals surface area contributed by atoms with Crippen molar-refractivity contribution < 1.29 is 22.8 Å². The molecule has 1 saturated carbocycles. The van der Waals surface area contributed by atoms with Gasteiger partial charge in [0.05, 0.1) is 6.26 Å². The Kier molecular flexibility index (Phi) is 5.00. The average Bonchev–Trinajstić information content (AvgIpc) is 2.81. The first kappa shape index (κ1) is 19.1. The highest BCUT2D eigenvalue weighted by atomic mass is 32.2. The average molecular weight is 386 g/mol. The van der Waals surface area contributed by atoms with Gasteiger partial charge in [-0.05, 0) is 31.6 Å². The molecule has 3 fully saturated rings. The number of urea groups is 1. The lowest BCUT2D eigenvalue weighted by molar-refractivity contribution is -0.140. The van der Waals surface area contributed by atoms with Gasteiger partial charge in [0.1, 0.15) is 12.1 Å². The fourth-order valence-electron chi connectivity index (χ4n) is 3.92. The van der Waals surface area contributed by atoms with Crippen molar-refractivity contribution in [3.8, 4) is 0 Å². The van der Waals surface area contributed by atoms with E-state index >= 15 is 0 Å². The number of hydrogen-bond acceptors (Lipinski definition) is 5. The second kappa shape index (κ2) is 6.80. The summed E-state index contributed by atoms with van der Waals surface area (Å²) in [6, 6.07) is -0.507. The number of sulfonamides is 1. The highest BCUT2D eigenvalue weighted by molar-refractivity contribution is 7.88. The smallest absolute Gasteiger partial charge is 0.325 e. The van der Waals surface area contributed by atoms with Crippen molar-refractivity contribution in [2.75, 3.05) is 39.0 Å². The molecule has 3 aliphatic rings. The summed E-state index contributed by atoms with van der Waals surface area (Å²) < 4.78 is 24.4. The van der Waals surface area contributed by atoms with Gasteiger partial charge in [-0.2, -0.15) is 4.31 Å². The third-order valence-electron chi connectivity index (χ3n) is 5.73. The van der Waals surface area contributed by atoms with Gasteiger partial charge in [-0.25, -0.2) is 13.2 Å². The summed E-state index contributed by atoms with van der Waals surface area (Å²) in [5.41, 5.74) is -0.848. The van der Waals surface area contributed by atoms with Crippen LogP contribution in [-0.4, -0.2) is 84.9 Å². The molecule has 1 aliphatic carbocycles. The van der Waals surface area contributed by atoms with Gasteiger partial charge in [0, 0.05) is 26.2 Å². The Balaban J connectivity index is 1.60. The van der Waals surface area contributed by atoms with Gasteiger partial charge in [0.2, 0.25) is 15.9 Å². The molecule has 2 aliphatic heterocycles. The number of nitrogens with one attached hydrogen (secondary N) is 1. The van der Waals surface area contributed by atoms with Crippen LogP contribution in [0.4, 0.5) is 4.79 Å². The van der Waals surface area contributed by atoms with Gasteiger partial charge in [0.15, 0.2) is 0 Å². The number of carbonyl (C=O) groups excluding carboxylic acids is 3. The van der Waals surface area contributed by atoms with E-state index < -0.39 is 21.6 Å². The zero-order valence-corrected chi connectivity index (χ0v) is 16.0. The van der Waals surface area contributed by atoms with Gasteiger partial charge in [-0.1, -0.05) is 6.92 Å². The molecule has 0 aromatic heterocycles. The molecule has 9 nitrogen and oxygen atoms in total. The monoisotopic (exact) mass is 386 g/mol. The van der Waals surface area contributed by atoms with Crippen LogP contribution in [0, 0.1) is 5.92 Å². The lowest BCUT2D eigenvalue weighted by Gasteiger charge is -2.34. The van der Waals surface area contributed by atoms with E-state index in [0.29, 0.717) is 18.8 Å². The summed E-state index contributed by atoms with van der Waals surface area (Å²) in [5.74, 6) is -0.104. The van der Waals surface area contributed by atoms with Crippen molar-refractivity contribution in [2.45, 2.75) is 38.1 Å². The van der Waals surface area contributed by atoms with Gasteiger partial charge < -0.3 is 10.2 Å². The molecule has 0 radical (unpaired) electrons. The van der Waals surface area contributed by atoms with Crippen molar-refractivity contribution in [1.29, 1.82) is 0 Å². The molecule has 0 unspecified atom stereocenters. The lowest BCUT2D eigenvalue weighted by Crippen LogP contribution is -2.53.